The van der Waals surface area contributed by atoms with E-state index in [1.807, 2.05) is 13.8 Å². The predicted octanol–water partition coefficient (Wildman–Crippen LogP) is 0.0372. The van der Waals surface area contributed by atoms with Gasteiger partial charge in [-0.1, -0.05) is 0 Å². The van der Waals surface area contributed by atoms with Crippen LogP contribution in [0.5, 0.6) is 0 Å². The molecule has 1 heterocycles. The minimum atomic E-state index is -0.559. The van der Waals surface area contributed by atoms with Crippen molar-refractivity contribution in [1.29, 1.82) is 0 Å². The van der Waals surface area contributed by atoms with Gasteiger partial charge >= 0.3 is 5.69 Å². The van der Waals surface area contributed by atoms with Gasteiger partial charge in [-0.3, -0.25) is 19.6 Å². The molecule has 1 aromatic heterocycles. The number of nitro groups is 1. The van der Waals surface area contributed by atoms with Crippen LogP contribution in [0.4, 0.5) is 5.69 Å². The third-order valence-corrected chi connectivity index (χ3v) is 2.78. The lowest BCUT2D eigenvalue weighted by molar-refractivity contribution is -0.385. The van der Waals surface area contributed by atoms with Crippen molar-refractivity contribution in [1.82, 2.24) is 14.7 Å². The second kappa shape index (κ2) is 8.32. The van der Waals surface area contributed by atoms with Gasteiger partial charge in [0.2, 0.25) is 5.91 Å². The molecule has 21 heavy (non-hydrogen) atoms. The molecular formula is C12H20N4O5. The summed E-state index contributed by atoms with van der Waals surface area (Å²) < 4.78 is 6.38. The van der Waals surface area contributed by atoms with Crippen molar-refractivity contribution in [2.45, 2.75) is 26.4 Å². The largest absolute Gasteiger partial charge is 0.394 e. The van der Waals surface area contributed by atoms with Crippen LogP contribution in [0.25, 0.3) is 0 Å². The zero-order valence-electron chi connectivity index (χ0n) is 12.1. The highest BCUT2D eigenvalue weighted by atomic mass is 16.6. The van der Waals surface area contributed by atoms with Gasteiger partial charge in [0.1, 0.15) is 18.9 Å². The molecule has 0 spiro atoms. The van der Waals surface area contributed by atoms with Crippen molar-refractivity contribution in [3.05, 3.63) is 22.5 Å². The zero-order chi connectivity index (χ0) is 15.8. The smallest absolute Gasteiger partial charge is 0.307 e. The van der Waals surface area contributed by atoms with Crippen LogP contribution in [0.2, 0.25) is 0 Å². The van der Waals surface area contributed by atoms with E-state index in [1.165, 1.54) is 10.9 Å². The highest BCUT2D eigenvalue weighted by Crippen LogP contribution is 2.08. The Kier molecular flexibility index (Phi) is 6.76. The second-order valence-corrected chi connectivity index (χ2v) is 4.67. The molecule has 9 heteroatoms. The van der Waals surface area contributed by atoms with E-state index < -0.39 is 4.92 Å². The molecule has 1 amide bonds. The number of hydrogen-bond acceptors (Lipinski definition) is 6. The molecule has 0 bridgehead atoms. The first-order chi connectivity index (χ1) is 9.95. The maximum atomic E-state index is 12.2. The maximum absolute atomic E-state index is 12.2. The van der Waals surface area contributed by atoms with Crippen LogP contribution in [0.3, 0.4) is 0 Å². The summed E-state index contributed by atoms with van der Waals surface area (Å²) >= 11 is 0. The lowest BCUT2D eigenvalue weighted by Gasteiger charge is -2.26. The van der Waals surface area contributed by atoms with Crippen LogP contribution in [-0.4, -0.2) is 63.0 Å². The van der Waals surface area contributed by atoms with Crippen molar-refractivity contribution in [3.63, 3.8) is 0 Å². The van der Waals surface area contributed by atoms with Crippen molar-refractivity contribution in [2.75, 3.05) is 26.4 Å². The van der Waals surface area contributed by atoms with E-state index in [1.54, 1.807) is 4.90 Å². The Labute approximate surface area is 122 Å². The molecule has 0 radical (unpaired) electrons. The molecule has 0 fully saturated rings. The summed E-state index contributed by atoms with van der Waals surface area (Å²) in [6, 6.07) is -0.0271. The van der Waals surface area contributed by atoms with E-state index in [2.05, 4.69) is 5.10 Å². The van der Waals surface area contributed by atoms with Crippen LogP contribution in [0, 0.1) is 10.1 Å². The number of ether oxygens (including phenoxy) is 1. The first-order valence-electron chi connectivity index (χ1n) is 6.60. The number of aliphatic hydroxyl groups is 1. The summed E-state index contributed by atoms with van der Waals surface area (Å²) in [4.78, 5) is 23.8. The fraction of sp³-hybridized carbons (Fsp3) is 0.667. The molecular weight excluding hydrogens is 280 g/mol. The average Bonchev–Trinajstić information content (AvgIpc) is 2.86. The van der Waals surface area contributed by atoms with Gasteiger partial charge in [0.25, 0.3) is 0 Å². The number of hydrogen-bond donors (Lipinski definition) is 1. The summed E-state index contributed by atoms with van der Waals surface area (Å²) in [6.07, 6.45) is 2.33. The third kappa shape index (κ3) is 5.48. The minimum absolute atomic E-state index is 0.0271. The number of nitrogens with zero attached hydrogens (tertiary/aromatic N) is 4. The van der Waals surface area contributed by atoms with E-state index >= 15 is 0 Å². The van der Waals surface area contributed by atoms with Crippen LogP contribution < -0.4 is 0 Å². The number of carbonyl (C=O) groups excluding carboxylic acids is 1. The predicted molar refractivity (Wildman–Crippen MR) is 73.6 cm³/mol. The van der Waals surface area contributed by atoms with E-state index in [4.69, 9.17) is 9.84 Å². The van der Waals surface area contributed by atoms with Gasteiger partial charge in [-0.15, -0.1) is 0 Å². The van der Waals surface area contributed by atoms with Gasteiger partial charge in [0.15, 0.2) is 0 Å². The normalized spacial score (nSPS) is 10.9. The molecule has 0 saturated heterocycles. The van der Waals surface area contributed by atoms with Crippen LogP contribution in [-0.2, 0) is 16.1 Å². The summed E-state index contributed by atoms with van der Waals surface area (Å²) in [5, 5.41) is 23.0. The molecule has 0 aliphatic carbocycles. The minimum Gasteiger partial charge on any atom is -0.394 e. The third-order valence-electron chi connectivity index (χ3n) is 2.78. The lowest BCUT2D eigenvalue weighted by Crippen LogP contribution is -2.41. The van der Waals surface area contributed by atoms with E-state index in [0.717, 1.165) is 6.20 Å². The van der Waals surface area contributed by atoms with Crippen molar-refractivity contribution in [2.24, 2.45) is 0 Å². The standard InChI is InChI=1S/C12H20N4O5/c1-10(2)15(3-5-21-6-4-17)12(18)9-14-8-11(7-13-14)16(19)20/h7-8,10,17H,3-6,9H2,1-2H3. The summed E-state index contributed by atoms with van der Waals surface area (Å²) in [7, 11) is 0. The van der Waals surface area contributed by atoms with Crippen LogP contribution in [0.15, 0.2) is 12.4 Å². The number of aromatic nitrogens is 2. The maximum Gasteiger partial charge on any atom is 0.307 e. The Morgan fingerprint density at radius 1 is 1.57 bits per heavy atom. The molecule has 0 aliphatic heterocycles. The van der Waals surface area contributed by atoms with E-state index in [9.17, 15) is 14.9 Å². The summed E-state index contributed by atoms with van der Waals surface area (Å²) in [5.74, 6) is -0.199. The Hall–Kier alpha value is -2.00. The summed E-state index contributed by atoms with van der Waals surface area (Å²) in [6.45, 7) is 4.55. The van der Waals surface area contributed by atoms with E-state index in [0.29, 0.717) is 13.2 Å². The van der Waals surface area contributed by atoms with Crippen molar-refractivity contribution >= 4 is 11.6 Å². The first kappa shape index (κ1) is 17.1. The number of carbonyl (C=O) groups is 1. The Bertz CT molecular complexity index is 474. The van der Waals surface area contributed by atoms with Crippen molar-refractivity contribution < 1.29 is 19.6 Å². The molecule has 0 atom stereocenters. The quantitative estimate of drug-likeness (QED) is 0.391. The topological polar surface area (TPSA) is 111 Å². The first-order valence-corrected chi connectivity index (χ1v) is 6.60. The van der Waals surface area contributed by atoms with Crippen LogP contribution in [0.1, 0.15) is 13.8 Å². The molecule has 0 aromatic carbocycles. The van der Waals surface area contributed by atoms with Gasteiger partial charge in [-0.2, -0.15) is 5.10 Å². The molecule has 0 saturated carbocycles. The van der Waals surface area contributed by atoms with Crippen LogP contribution >= 0.6 is 0 Å². The molecule has 1 rings (SSSR count). The highest BCUT2D eigenvalue weighted by Gasteiger charge is 2.18. The Morgan fingerprint density at radius 3 is 2.81 bits per heavy atom. The van der Waals surface area contributed by atoms with Gasteiger partial charge < -0.3 is 14.7 Å². The fourth-order valence-corrected chi connectivity index (χ4v) is 1.76. The SMILES string of the molecule is CC(C)N(CCOCCO)C(=O)Cn1cc([N+](=O)[O-])cn1. The van der Waals surface area contributed by atoms with Gasteiger partial charge in [-0.05, 0) is 13.8 Å². The number of amides is 1. The lowest BCUT2D eigenvalue weighted by atomic mass is 10.3. The van der Waals surface area contributed by atoms with E-state index in [-0.39, 0.29) is 37.4 Å². The Morgan fingerprint density at radius 2 is 2.29 bits per heavy atom. The number of aliphatic hydroxyl groups excluding tert-OH is 1. The zero-order valence-corrected chi connectivity index (χ0v) is 12.1. The molecule has 0 aliphatic rings. The monoisotopic (exact) mass is 300 g/mol. The molecule has 9 nitrogen and oxygen atoms in total. The number of rotatable bonds is 9. The Balaban J connectivity index is 2.57. The van der Waals surface area contributed by atoms with Crippen molar-refractivity contribution in [3.8, 4) is 0 Å². The second-order valence-electron chi connectivity index (χ2n) is 4.67. The van der Waals surface area contributed by atoms with Gasteiger partial charge in [-0.25, -0.2) is 0 Å². The highest BCUT2D eigenvalue weighted by molar-refractivity contribution is 5.76. The average molecular weight is 300 g/mol. The van der Waals surface area contributed by atoms with Gasteiger partial charge in [0, 0.05) is 12.6 Å². The fourth-order valence-electron chi connectivity index (χ4n) is 1.76. The molecule has 1 aromatic rings. The molecule has 118 valence electrons. The molecule has 1 N–H and O–H groups in total. The van der Waals surface area contributed by atoms with Gasteiger partial charge in [0.05, 0.1) is 24.7 Å². The summed E-state index contributed by atoms with van der Waals surface area (Å²) in [5.41, 5.74) is -0.148. The molecule has 0 unspecified atom stereocenters.